The summed E-state index contributed by atoms with van der Waals surface area (Å²) in [5.41, 5.74) is 0. The third kappa shape index (κ3) is 6.40. The predicted molar refractivity (Wildman–Crippen MR) is 84.3 cm³/mol. The molecule has 1 aromatic carbocycles. The minimum absolute atomic E-state index is 0.460. The summed E-state index contributed by atoms with van der Waals surface area (Å²) in [7, 11) is 0. The Morgan fingerprint density at radius 1 is 1.16 bits per heavy atom. The monoisotopic (exact) mass is 404 g/mol. The van der Waals surface area contributed by atoms with Crippen molar-refractivity contribution in [1.82, 2.24) is 0 Å². The third-order valence-corrected chi connectivity index (χ3v) is 4.58. The van der Waals surface area contributed by atoms with E-state index in [1.165, 1.54) is 0 Å². The number of benzene rings is 1. The molecular weight excluding hydrogens is 388 g/mol. The fourth-order valence-electron chi connectivity index (χ4n) is 2.31. The lowest BCUT2D eigenvalue weighted by molar-refractivity contribution is -0.148. The zero-order valence-corrected chi connectivity index (χ0v) is 14.6. The fraction of sp³-hybridized carbons (Fsp3) is 0.600. The van der Waals surface area contributed by atoms with Crippen LogP contribution < -0.4 is 4.74 Å². The van der Waals surface area contributed by atoms with Crippen LogP contribution in [0.25, 0.3) is 0 Å². The summed E-state index contributed by atoms with van der Waals surface area (Å²) in [4.78, 5) is 0. The molecule has 25 heavy (non-hydrogen) atoms. The Morgan fingerprint density at radius 2 is 1.76 bits per heavy atom. The average Bonchev–Trinajstić information content (AvgIpc) is 2.57. The molecule has 4 nitrogen and oxygen atoms in total. The van der Waals surface area contributed by atoms with Crippen LogP contribution in [0.15, 0.2) is 24.3 Å². The Morgan fingerprint density at radius 3 is 2.36 bits per heavy atom. The molecule has 0 spiro atoms. The molecule has 1 aliphatic carbocycles. The second-order valence-corrected chi connectivity index (χ2v) is 6.83. The predicted octanol–water partition coefficient (Wildman–Crippen LogP) is 4.54. The number of hydrogen-bond acceptors (Lipinski definition) is 4. The molecule has 1 aromatic rings. The van der Waals surface area contributed by atoms with Crippen LogP contribution in [0.1, 0.15) is 25.7 Å². The SMILES string of the molecule is O=S(OCC(F)(F)C(F)F)O[C@H]1CCCC[C@@H]1Oc1ccc(Cl)cc1. The van der Waals surface area contributed by atoms with Gasteiger partial charge in [0.1, 0.15) is 24.6 Å². The van der Waals surface area contributed by atoms with E-state index in [1.807, 2.05) is 0 Å². The quantitative estimate of drug-likeness (QED) is 0.597. The molecule has 1 unspecified atom stereocenters. The normalized spacial score (nSPS) is 22.8. The first kappa shape index (κ1) is 20.4. The van der Waals surface area contributed by atoms with Crippen LogP contribution in [-0.2, 0) is 19.7 Å². The van der Waals surface area contributed by atoms with Crippen molar-refractivity contribution >= 4 is 23.0 Å². The summed E-state index contributed by atoms with van der Waals surface area (Å²) in [6, 6.07) is 6.60. The number of ether oxygens (including phenoxy) is 1. The maximum atomic E-state index is 12.8. The molecule has 2 rings (SSSR count). The largest absolute Gasteiger partial charge is 0.488 e. The molecular formula is C15H17ClF4O4S. The highest BCUT2D eigenvalue weighted by Crippen LogP contribution is 2.28. The summed E-state index contributed by atoms with van der Waals surface area (Å²) in [6.07, 6.45) is -2.30. The van der Waals surface area contributed by atoms with Gasteiger partial charge < -0.3 is 4.74 Å². The lowest BCUT2D eigenvalue weighted by Crippen LogP contribution is -2.38. The van der Waals surface area contributed by atoms with Gasteiger partial charge in [-0.1, -0.05) is 18.0 Å². The van der Waals surface area contributed by atoms with Gasteiger partial charge in [0.05, 0.1) is 0 Å². The van der Waals surface area contributed by atoms with Gasteiger partial charge >= 0.3 is 23.7 Å². The van der Waals surface area contributed by atoms with E-state index in [-0.39, 0.29) is 0 Å². The van der Waals surface area contributed by atoms with E-state index in [2.05, 4.69) is 4.18 Å². The minimum Gasteiger partial charge on any atom is -0.488 e. The molecule has 0 bridgehead atoms. The van der Waals surface area contributed by atoms with E-state index >= 15 is 0 Å². The summed E-state index contributed by atoms with van der Waals surface area (Å²) >= 11 is 3.22. The molecule has 0 heterocycles. The van der Waals surface area contributed by atoms with Crippen molar-refractivity contribution in [2.45, 2.75) is 50.2 Å². The summed E-state index contributed by atoms with van der Waals surface area (Å²) in [5.74, 6) is -3.86. The molecule has 1 saturated carbocycles. The molecule has 1 aliphatic rings. The number of hydrogen-bond donors (Lipinski definition) is 0. The fourth-order valence-corrected chi connectivity index (χ4v) is 3.17. The van der Waals surface area contributed by atoms with E-state index < -0.39 is 42.5 Å². The summed E-state index contributed by atoms with van der Waals surface area (Å²) in [5, 5.41) is 0.540. The van der Waals surface area contributed by atoms with Crippen molar-refractivity contribution in [3.63, 3.8) is 0 Å². The summed E-state index contributed by atoms with van der Waals surface area (Å²) in [6.45, 7) is -1.69. The highest BCUT2D eigenvalue weighted by atomic mass is 35.5. The van der Waals surface area contributed by atoms with E-state index in [9.17, 15) is 21.8 Å². The van der Waals surface area contributed by atoms with Crippen molar-refractivity contribution in [2.24, 2.45) is 0 Å². The standard InChI is InChI=1S/C15H17ClF4O4S/c16-10-5-7-11(8-6-10)23-12-3-1-2-4-13(12)24-25(21)22-9-15(19,20)14(17)18/h5-8,12-14H,1-4,9H2/t12-,13-,25?/m0/s1. The van der Waals surface area contributed by atoms with Crippen LogP contribution in [0.4, 0.5) is 17.6 Å². The Hall–Kier alpha value is -0.900. The van der Waals surface area contributed by atoms with Crippen LogP contribution in [-0.4, -0.2) is 35.4 Å². The molecule has 1 fully saturated rings. The van der Waals surface area contributed by atoms with Crippen molar-refractivity contribution in [3.8, 4) is 5.75 Å². The Labute approximate surface area is 150 Å². The molecule has 0 aromatic heterocycles. The molecule has 0 N–H and O–H groups in total. The van der Waals surface area contributed by atoms with Crippen molar-refractivity contribution in [2.75, 3.05) is 6.61 Å². The van der Waals surface area contributed by atoms with Gasteiger partial charge in [0.2, 0.25) is 0 Å². The molecule has 0 radical (unpaired) electrons. The maximum Gasteiger partial charge on any atom is 0.331 e. The van der Waals surface area contributed by atoms with Gasteiger partial charge in [0.15, 0.2) is 0 Å². The van der Waals surface area contributed by atoms with Gasteiger partial charge in [0.25, 0.3) is 0 Å². The van der Waals surface area contributed by atoms with Crippen LogP contribution in [0.2, 0.25) is 5.02 Å². The van der Waals surface area contributed by atoms with Gasteiger partial charge in [-0.2, -0.15) is 13.0 Å². The second-order valence-electron chi connectivity index (χ2n) is 5.56. The first-order chi connectivity index (χ1) is 11.8. The van der Waals surface area contributed by atoms with Crippen molar-refractivity contribution < 1.29 is 34.9 Å². The lowest BCUT2D eigenvalue weighted by Gasteiger charge is -2.30. The first-order valence-corrected chi connectivity index (χ1v) is 8.96. The highest BCUT2D eigenvalue weighted by molar-refractivity contribution is 7.75. The minimum atomic E-state index is -4.38. The molecule has 0 saturated heterocycles. The number of alkyl halides is 4. The second kappa shape index (κ2) is 9.16. The maximum absolute atomic E-state index is 12.8. The molecule has 10 heteroatoms. The molecule has 3 atom stereocenters. The Balaban J connectivity index is 1.89. The van der Waals surface area contributed by atoms with Gasteiger partial charge in [0, 0.05) is 5.02 Å². The molecule has 0 amide bonds. The van der Waals surface area contributed by atoms with Crippen molar-refractivity contribution in [1.29, 1.82) is 0 Å². The van der Waals surface area contributed by atoms with Crippen LogP contribution in [0, 0.1) is 0 Å². The first-order valence-electron chi connectivity index (χ1n) is 7.58. The van der Waals surface area contributed by atoms with E-state index in [0.29, 0.717) is 23.6 Å². The van der Waals surface area contributed by atoms with Gasteiger partial charge in [-0.15, -0.1) is 0 Å². The van der Waals surface area contributed by atoms with Crippen molar-refractivity contribution in [3.05, 3.63) is 29.3 Å². The topological polar surface area (TPSA) is 44.8 Å². The Kier molecular flexibility index (Phi) is 7.48. The van der Waals surface area contributed by atoms with Gasteiger partial charge in [-0.25, -0.2) is 8.78 Å². The van der Waals surface area contributed by atoms with Crippen LogP contribution in [0.5, 0.6) is 5.75 Å². The van der Waals surface area contributed by atoms with E-state index in [4.69, 9.17) is 20.5 Å². The van der Waals surface area contributed by atoms with Gasteiger partial charge in [-0.05, 0) is 43.5 Å². The summed E-state index contributed by atoms with van der Waals surface area (Å²) < 4.78 is 76.4. The van der Waals surface area contributed by atoms with Crippen LogP contribution >= 0.6 is 11.6 Å². The lowest BCUT2D eigenvalue weighted by atomic mass is 9.95. The zero-order chi connectivity index (χ0) is 18.4. The van der Waals surface area contributed by atoms with Crippen LogP contribution in [0.3, 0.4) is 0 Å². The third-order valence-electron chi connectivity index (χ3n) is 3.61. The molecule has 0 aliphatic heterocycles. The number of rotatable bonds is 8. The van der Waals surface area contributed by atoms with E-state index in [1.54, 1.807) is 24.3 Å². The highest BCUT2D eigenvalue weighted by Gasteiger charge is 2.42. The van der Waals surface area contributed by atoms with E-state index in [0.717, 1.165) is 12.8 Å². The zero-order valence-electron chi connectivity index (χ0n) is 13.0. The smallest absolute Gasteiger partial charge is 0.331 e. The molecule has 142 valence electrons. The average molecular weight is 405 g/mol. The number of halogens is 5. The van der Waals surface area contributed by atoms with Gasteiger partial charge in [-0.3, -0.25) is 8.37 Å². The Bertz CT molecular complexity index is 573.